The van der Waals surface area contributed by atoms with Crippen molar-refractivity contribution < 1.29 is 4.79 Å². The summed E-state index contributed by atoms with van der Waals surface area (Å²) in [5.74, 6) is 1.10. The Morgan fingerprint density at radius 1 is 1.33 bits per heavy atom. The molecule has 0 bridgehead atoms. The van der Waals surface area contributed by atoms with Crippen molar-refractivity contribution in [1.82, 2.24) is 14.5 Å². The highest BCUT2D eigenvalue weighted by molar-refractivity contribution is 5.80. The number of carbonyl (C=O) groups is 1. The molecule has 0 saturated carbocycles. The normalized spacial score (nSPS) is 11.9. The fourth-order valence-corrected chi connectivity index (χ4v) is 2.38. The van der Waals surface area contributed by atoms with Crippen molar-refractivity contribution in [2.75, 3.05) is 19.8 Å². The average molecular weight is 288 g/mol. The van der Waals surface area contributed by atoms with Crippen LogP contribution in [0.5, 0.6) is 0 Å². The molecule has 0 aliphatic carbocycles. The summed E-state index contributed by atoms with van der Waals surface area (Å²) in [6.45, 7) is 7.01. The smallest absolute Gasteiger partial charge is 0.223 e. The lowest BCUT2D eigenvalue weighted by atomic mass is 9.95. The van der Waals surface area contributed by atoms with Gasteiger partial charge in [0.1, 0.15) is 5.82 Å². The van der Waals surface area contributed by atoms with E-state index in [2.05, 4.69) is 25.3 Å². The number of hydrogen-bond acceptors (Lipinski definition) is 3. The summed E-state index contributed by atoms with van der Waals surface area (Å²) in [4.78, 5) is 18.2. The molecule has 5 heteroatoms. The number of imidazole rings is 1. The van der Waals surface area contributed by atoms with Gasteiger partial charge in [0.2, 0.25) is 5.91 Å². The van der Waals surface area contributed by atoms with E-state index in [1.165, 1.54) is 0 Å². The van der Waals surface area contributed by atoms with Crippen molar-refractivity contribution in [3.8, 4) is 0 Å². The first kappa shape index (κ1) is 15.4. The van der Waals surface area contributed by atoms with Gasteiger partial charge >= 0.3 is 0 Å². The van der Waals surface area contributed by atoms with Crippen molar-refractivity contribution in [3.63, 3.8) is 0 Å². The highest BCUT2D eigenvalue weighted by Crippen LogP contribution is 2.27. The molecular formula is C16H24N4O. The summed E-state index contributed by atoms with van der Waals surface area (Å²) in [5, 5.41) is 0. The first-order chi connectivity index (χ1) is 9.70. The molecule has 0 fully saturated rings. The highest BCUT2D eigenvalue weighted by Gasteiger charge is 2.23. The van der Waals surface area contributed by atoms with E-state index in [-0.39, 0.29) is 11.3 Å². The number of fused-ring (bicyclic) bond motifs is 1. The minimum Gasteiger partial charge on any atom is -0.399 e. The Balaban J connectivity index is 2.46. The van der Waals surface area contributed by atoms with Crippen LogP contribution in [0.3, 0.4) is 0 Å². The van der Waals surface area contributed by atoms with Gasteiger partial charge < -0.3 is 15.2 Å². The molecule has 0 aliphatic rings. The number of nitrogens with two attached hydrogens (primary N) is 1. The maximum absolute atomic E-state index is 11.9. The second-order valence-corrected chi connectivity index (χ2v) is 6.62. The lowest BCUT2D eigenvalue weighted by Gasteiger charge is -2.20. The largest absolute Gasteiger partial charge is 0.399 e. The van der Waals surface area contributed by atoms with Gasteiger partial charge in [0.15, 0.2) is 0 Å². The molecule has 1 aromatic heterocycles. The number of nitrogens with zero attached hydrogens (tertiary/aromatic N) is 3. The number of amides is 1. The van der Waals surface area contributed by atoms with E-state index in [0.717, 1.165) is 16.9 Å². The zero-order valence-electron chi connectivity index (χ0n) is 13.5. The van der Waals surface area contributed by atoms with Gasteiger partial charge in [-0.2, -0.15) is 0 Å². The summed E-state index contributed by atoms with van der Waals surface area (Å²) in [6.07, 6.45) is 0.464. The standard InChI is InChI=1S/C16H24N4O/c1-16(2,3)15-18-12-10-11(17)6-7-13(12)20(15)9-8-14(21)19(4)5/h6-7,10H,8-9,17H2,1-5H3. The van der Waals surface area contributed by atoms with Crippen LogP contribution in [0.1, 0.15) is 33.0 Å². The van der Waals surface area contributed by atoms with E-state index < -0.39 is 0 Å². The number of carbonyl (C=O) groups excluding carboxylic acids is 1. The maximum Gasteiger partial charge on any atom is 0.223 e. The molecule has 1 aromatic carbocycles. The van der Waals surface area contributed by atoms with Crippen LogP contribution >= 0.6 is 0 Å². The van der Waals surface area contributed by atoms with E-state index >= 15 is 0 Å². The second-order valence-electron chi connectivity index (χ2n) is 6.62. The van der Waals surface area contributed by atoms with Gasteiger partial charge in [0, 0.05) is 38.2 Å². The third-order valence-electron chi connectivity index (χ3n) is 3.49. The summed E-state index contributed by atoms with van der Waals surface area (Å²) < 4.78 is 2.14. The van der Waals surface area contributed by atoms with Crippen molar-refractivity contribution >= 4 is 22.6 Å². The van der Waals surface area contributed by atoms with Gasteiger partial charge in [0.25, 0.3) is 0 Å². The monoisotopic (exact) mass is 288 g/mol. The Morgan fingerprint density at radius 3 is 2.57 bits per heavy atom. The molecule has 2 N–H and O–H groups in total. The molecule has 114 valence electrons. The Bertz CT molecular complexity index is 665. The maximum atomic E-state index is 11.9. The van der Waals surface area contributed by atoms with Crippen LogP contribution in [0.4, 0.5) is 5.69 Å². The molecule has 0 atom stereocenters. The number of benzene rings is 1. The first-order valence-electron chi connectivity index (χ1n) is 7.16. The van der Waals surface area contributed by atoms with Crippen LogP contribution in [0.15, 0.2) is 18.2 Å². The zero-order valence-corrected chi connectivity index (χ0v) is 13.5. The Morgan fingerprint density at radius 2 is 2.00 bits per heavy atom. The van der Waals surface area contributed by atoms with E-state index in [1.54, 1.807) is 19.0 Å². The fourth-order valence-electron chi connectivity index (χ4n) is 2.38. The van der Waals surface area contributed by atoms with Gasteiger partial charge in [0.05, 0.1) is 11.0 Å². The van der Waals surface area contributed by atoms with Gasteiger partial charge in [-0.3, -0.25) is 4.79 Å². The van der Waals surface area contributed by atoms with Crippen LogP contribution in [0.2, 0.25) is 0 Å². The molecule has 0 radical (unpaired) electrons. The van der Waals surface area contributed by atoms with Gasteiger partial charge in [-0.05, 0) is 18.2 Å². The summed E-state index contributed by atoms with van der Waals surface area (Å²) in [7, 11) is 3.55. The topological polar surface area (TPSA) is 64.2 Å². The number of nitrogen functional groups attached to an aromatic ring is 1. The van der Waals surface area contributed by atoms with Gasteiger partial charge in [-0.15, -0.1) is 0 Å². The first-order valence-corrected chi connectivity index (χ1v) is 7.16. The molecule has 0 unspecified atom stereocenters. The minimum atomic E-state index is -0.0883. The van der Waals surface area contributed by atoms with Crippen molar-refractivity contribution in [3.05, 3.63) is 24.0 Å². The van der Waals surface area contributed by atoms with Crippen molar-refractivity contribution in [2.45, 2.75) is 39.2 Å². The molecule has 5 nitrogen and oxygen atoms in total. The van der Waals surface area contributed by atoms with Crippen molar-refractivity contribution in [2.24, 2.45) is 0 Å². The third kappa shape index (κ3) is 3.17. The Labute approximate surface area is 125 Å². The minimum absolute atomic E-state index is 0.0883. The predicted octanol–water partition coefficient (Wildman–Crippen LogP) is 2.39. The summed E-state index contributed by atoms with van der Waals surface area (Å²) in [6, 6.07) is 5.74. The highest BCUT2D eigenvalue weighted by atomic mass is 16.2. The van der Waals surface area contributed by atoms with Crippen LogP contribution in [0, 0.1) is 0 Å². The predicted molar refractivity (Wildman–Crippen MR) is 86.2 cm³/mol. The van der Waals surface area contributed by atoms with Gasteiger partial charge in [-0.1, -0.05) is 20.8 Å². The lowest BCUT2D eigenvalue weighted by molar-refractivity contribution is -0.128. The number of rotatable bonds is 3. The number of aromatic nitrogens is 2. The molecule has 2 aromatic rings. The summed E-state index contributed by atoms with van der Waals surface area (Å²) >= 11 is 0. The molecular weight excluding hydrogens is 264 g/mol. The van der Waals surface area contributed by atoms with Crippen LogP contribution < -0.4 is 5.73 Å². The quantitative estimate of drug-likeness (QED) is 0.882. The molecule has 0 aliphatic heterocycles. The third-order valence-corrected chi connectivity index (χ3v) is 3.49. The molecule has 21 heavy (non-hydrogen) atoms. The average Bonchev–Trinajstić information content (AvgIpc) is 2.73. The molecule has 0 saturated heterocycles. The lowest BCUT2D eigenvalue weighted by Crippen LogP contribution is -2.25. The van der Waals surface area contributed by atoms with Crippen LogP contribution in [-0.2, 0) is 16.8 Å². The van der Waals surface area contributed by atoms with Crippen molar-refractivity contribution in [1.29, 1.82) is 0 Å². The molecule has 1 heterocycles. The number of hydrogen-bond donors (Lipinski definition) is 1. The van der Waals surface area contributed by atoms with E-state index in [0.29, 0.717) is 18.7 Å². The fraction of sp³-hybridized carbons (Fsp3) is 0.500. The van der Waals surface area contributed by atoms with E-state index in [1.807, 2.05) is 18.2 Å². The molecule has 1 amide bonds. The van der Waals surface area contributed by atoms with E-state index in [4.69, 9.17) is 10.7 Å². The van der Waals surface area contributed by atoms with Crippen LogP contribution in [0.25, 0.3) is 11.0 Å². The van der Waals surface area contributed by atoms with Crippen LogP contribution in [-0.4, -0.2) is 34.5 Å². The number of aryl methyl sites for hydroxylation is 1. The summed E-state index contributed by atoms with van der Waals surface area (Å²) in [5.41, 5.74) is 8.38. The Hall–Kier alpha value is -2.04. The molecule has 2 rings (SSSR count). The van der Waals surface area contributed by atoms with Gasteiger partial charge in [-0.25, -0.2) is 4.98 Å². The zero-order chi connectivity index (χ0) is 15.8. The Kier molecular flexibility index (Phi) is 3.94. The second kappa shape index (κ2) is 5.39. The van der Waals surface area contributed by atoms with E-state index in [9.17, 15) is 4.79 Å². The SMILES string of the molecule is CN(C)C(=O)CCn1c(C(C)(C)C)nc2cc(N)ccc21. The molecule has 0 spiro atoms. The number of anilines is 1.